The first-order valence-electron chi connectivity index (χ1n) is 6.05. The lowest BCUT2D eigenvalue weighted by atomic mass is 10.2. The number of thiocarbonyl (C=S) groups is 1. The van der Waals surface area contributed by atoms with Gasteiger partial charge in [0.25, 0.3) is 5.91 Å². The van der Waals surface area contributed by atoms with Crippen LogP contribution in [0.5, 0.6) is 5.75 Å². The third-order valence-electron chi connectivity index (χ3n) is 3.06. The molecule has 0 aliphatic carbocycles. The monoisotopic (exact) mass is 298 g/mol. The fourth-order valence-electron chi connectivity index (χ4n) is 2.15. The van der Waals surface area contributed by atoms with Gasteiger partial charge in [-0.15, -0.1) is 0 Å². The first kappa shape index (κ1) is 14.1. The summed E-state index contributed by atoms with van der Waals surface area (Å²) in [6.07, 6.45) is 1.75. The van der Waals surface area contributed by atoms with Gasteiger partial charge < -0.3 is 15.4 Å². The lowest BCUT2D eigenvalue weighted by molar-refractivity contribution is -0.133. The van der Waals surface area contributed by atoms with Gasteiger partial charge in [0.1, 0.15) is 5.75 Å². The number of nitrogens with two attached hydrogens (primary N) is 1. The summed E-state index contributed by atoms with van der Waals surface area (Å²) in [4.78, 5) is 14.1. The lowest BCUT2D eigenvalue weighted by Crippen LogP contribution is -2.44. The summed E-state index contributed by atoms with van der Waals surface area (Å²) < 4.78 is 5.43. The maximum atomic E-state index is 12.1. The van der Waals surface area contributed by atoms with Crippen molar-refractivity contribution in [1.82, 2.24) is 4.90 Å². The van der Waals surface area contributed by atoms with Crippen LogP contribution in [0.3, 0.4) is 0 Å². The van der Waals surface area contributed by atoms with E-state index < -0.39 is 0 Å². The number of hydrogen-bond acceptors (Lipinski definition) is 3. The second-order valence-corrected chi connectivity index (χ2v) is 5.30. The number of rotatable bonds is 4. The van der Waals surface area contributed by atoms with Gasteiger partial charge in [-0.25, -0.2) is 0 Å². The zero-order chi connectivity index (χ0) is 13.8. The Morgan fingerprint density at radius 2 is 2.37 bits per heavy atom. The molecule has 0 spiro atoms. The second kappa shape index (κ2) is 6.21. The van der Waals surface area contributed by atoms with Crippen LogP contribution in [0, 0.1) is 0 Å². The minimum absolute atomic E-state index is 0.0283. The van der Waals surface area contributed by atoms with Gasteiger partial charge in [0, 0.05) is 11.6 Å². The average molecular weight is 299 g/mol. The van der Waals surface area contributed by atoms with Crippen LogP contribution in [0.4, 0.5) is 0 Å². The Kier molecular flexibility index (Phi) is 4.61. The molecule has 1 heterocycles. The van der Waals surface area contributed by atoms with Crippen LogP contribution in [0.25, 0.3) is 0 Å². The van der Waals surface area contributed by atoms with Gasteiger partial charge in [-0.3, -0.25) is 4.79 Å². The number of ether oxygens (including phenoxy) is 1. The molecule has 102 valence electrons. The molecule has 1 fully saturated rings. The van der Waals surface area contributed by atoms with E-state index in [1.807, 2.05) is 0 Å². The van der Waals surface area contributed by atoms with Crippen LogP contribution in [-0.4, -0.2) is 35.0 Å². The van der Waals surface area contributed by atoms with Crippen LogP contribution in [0.15, 0.2) is 24.3 Å². The molecular formula is C13H15ClN2O2S. The standard InChI is InChI=1S/C13H15ClN2O2S/c14-9-3-1-4-10(7-9)18-8-12(17)16-6-2-5-11(16)13(15)19/h1,3-4,7,11H,2,5-6,8H2,(H2,15,19). The lowest BCUT2D eigenvalue weighted by Gasteiger charge is -2.23. The summed E-state index contributed by atoms with van der Waals surface area (Å²) in [7, 11) is 0. The highest BCUT2D eigenvalue weighted by molar-refractivity contribution is 7.80. The second-order valence-electron chi connectivity index (χ2n) is 4.39. The molecule has 0 radical (unpaired) electrons. The van der Waals surface area contributed by atoms with Gasteiger partial charge in [0.15, 0.2) is 6.61 Å². The normalized spacial score (nSPS) is 18.4. The molecule has 1 unspecified atom stereocenters. The SMILES string of the molecule is NC(=S)C1CCCN1C(=O)COc1cccc(Cl)c1. The molecule has 1 aliphatic heterocycles. The minimum Gasteiger partial charge on any atom is -0.484 e. The summed E-state index contributed by atoms with van der Waals surface area (Å²) in [6.45, 7) is 0.652. The fraction of sp³-hybridized carbons (Fsp3) is 0.385. The molecule has 1 saturated heterocycles. The largest absolute Gasteiger partial charge is 0.484 e. The highest BCUT2D eigenvalue weighted by Crippen LogP contribution is 2.19. The van der Waals surface area contributed by atoms with Crippen molar-refractivity contribution in [3.63, 3.8) is 0 Å². The summed E-state index contributed by atoms with van der Waals surface area (Å²) >= 11 is 10.8. The van der Waals surface area contributed by atoms with Gasteiger partial charge in [-0.05, 0) is 31.0 Å². The van der Waals surface area contributed by atoms with Gasteiger partial charge in [0.2, 0.25) is 0 Å². The van der Waals surface area contributed by atoms with Crippen LogP contribution in [-0.2, 0) is 4.79 Å². The molecule has 1 aromatic carbocycles. The Morgan fingerprint density at radius 1 is 1.58 bits per heavy atom. The number of nitrogens with zero attached hydrogens (tertiary/aromatic N) is 1. The molecule has 0 bridgehead atoms. The van der Waals surface area contributed by atoms with E-state index in [0.29, 0.717) is 22.3 Å². The van der Waals surface area contributed by atoms with Gasteiger partial charge in [0.05, 0.1) is 11.0 Å². The molecule has 2 rings (SSSR count). The van der Waals surface area contributed by atoms with Crippen molar-refractivity contribution in [1.29, 1.82) is 0 Å². The number of amides is 1. The van der Waals surface area contributed by atoms with Gasteiger partial charge in [-0.1, -0.05) is 29.9 Å². The third kappa shape index (κ3) is 3.58. The van der Waals surface area contributed by atoms with Gasteiger partial charge >= 0.3 is 0 Å². The Morgan fingerprint density at radius 3 is 3.05 bits per heavy atom. The highest BCUT2D eigenvalue weighted by atomic mass is 35.5. The minimum atomic E-state index is -0.134. The highest BCUT2D eigenvalue weighted by Gasteiger charge is 2.30. The number of halogens is 1. The molecular weight excluding hydrogens is 284 g/mol. The van der Waals surface area contributed by atoms with E-state index in [2.05, 4.69) is 0 Å². The summed E-state index contributed by atoms with van der Waals surface area (Å²) in [5.74, 6) is 0.474. The van der Waals surface area contributed by atoms with Crippen molar-refractivity contribution < 1.29 is 9.53 Å². The molecule has 1 aromatic rings. The van der Waals surface area contributed by atoms with Crippen LogP contribution in [0.2, 0.25) is 5.02 Å². The van der Waals surface area contributed by atoms with E-state index in [1.54, 1.807) is 29.2 Å². The number of hydrogen-bond donors (Lipinski definition) is 1. The number of benzene rings is 1. The van der Waals surface area contributed by atoms with E-state index in [1.165, 1.54) is 0 Å². The predicted octanol–water partition coefficient (Wildman–Crippen LogP) is 2.00. The number of carbonyl (C=O) groups is 1. The smallest absolute Gasteiger partial charge is 0.261 e. The van der Waals surface area contributed by atoms with E-state index >= 15 is 0 Å². The molecule has 6 heteroatoms. The van der Waals surface area contributed by atoms with Crippen molar-refractivity contribution in [2.75, 3.05) is 13.2 Å². The number of likely N-dealkylation sites (tertiary alicyclic amines) is 1. The molecule has 1 amide bonds. The Balaban J connectivity index is 1.92. The van der Waals surface area contributed by atoms with Crippen LogP contribution in [0.1, 0.15) is 12.8 Å². The first-order valence-corrected chi connectivity index (χ1v) is 6.83. The first-order chi connectivity index (χ1) is 9.08. The predicted molar refractivity (Wildman–Crippen MR) is 78.5 cm³/mol. The molecule has 19 heavy (non-hydrogen) atoms. The molecule has 4 nitrogen and oxygen atoms in total. The Hall–Kier alpha value is -1.33. The fourth-order valence-corrected chi connectivity index (χ4v) is 2.57. The Bertz CT molecular complexity index is 495. The van der Waals surface area contributed by atoms with E-state index in [4.69, 9.17) is 34.3 Å². The van der Waals surface area contributed by atoms with Crippen molar-refractivity contribution in [3.05, 3.63) is 29.3 Å². The summed E-state index contributed by atoms with van der Waals surface area (Å²) in [5, 5.41) is 0.576. The molecule has 0 saturated carbocycles. The maximum Gasteiger partial charge on any atom is 0.261 e. The molecule has 1 aliphatic rings. The van der Waals surface area contributed by atoms with Crippen molar-refractivity contribution >= 4 is 34.7 Å². The average Bonchev–Trinajstić information content (AvgIpc) is 2.85. The third-order valence-corrected chi connectivity index (χ3v) is 3.57. The Labute approximate surface area is 122 Å². The number of carbonyl (C=O) groups excluding carboxylic acids is 1. The molecule has 0 aromatic heterocycles. The van der Waals surface area contributed by atoms with E-state index in [-0.39, 0.29) is 18.6 Å². The quantitative estimate of drug-likeness (QED) is 0.864. The van der Waals surface area contributed by atoms with Crippen molar-refractivity contribution in [3.8, 4) is 5.75 Å². The van der Waals surface area contributed by atoms with E-state index in [9.17, 15) is 4.79 Å². The molecule has 2 N–H and O–H groups in total. The van der Waals surface area contributed by atoms with Crippen molar-refractivity contribution in [2.45, 2.75) is 18.9 Å². The summed E-state index contributed by atoms with van der Waals surface area (Å²) in [6, 6.07) is 6.82. The zero-order valence-electron chi connectivity index (χ0n) is 10.3. The van der Waals surface area contributed by atoms with Crippen molar-refractivity contribution in [2.24, 2.45) is 5.73 Å². The van der Waals surface area contributed by atoms with Crippen LogP contribution >= 0.6 is 23.8 Å². The molecule has 1 atom stereocenters. The maximum absolute atomic E-state index is 12.1. The van der Waals surface area contributed by atoms with Gasteiger partial charge in [-0.2, -0.15) is 0 Å². The van der Waals surface area contributed by atoms with Crippen LogP contribution < -0.4 is 10.5 Å². The summed E-state index contributed by atoms with van der Waals surface area (Å²) in [5.41, 5.74) is 5.63. The topological polar surface area (TPSA) is 55.6 Å². The zero-order valence-corrected chi connectivity index (χ0v) is 11.9. The van der Waals surface area contributed by atoms with E-state index in [0.717, 1.165) is 12.8 Å².